The van der Waals surface area contributed by atoms with Crippen molar-refractivity contribution in [3.8, 4) is 0 Å². The van der Waals surface area contributed by atoms with Crippen LogP contribution in [-0.4, -0.2) is 17.5 Å². The standard InChI is InChI=1S/C14H21BrN2/c1-2-3-8-17(13-6-7-13)10-11-4-5-12(15)9-14(11)16/h4-5,9,13H,2-3,6-8,10,16H2,1H3. The first-order valence-corrected chi connectivity index (χ1v) is 7.28. The predicted molar refractivity (Wildman–Crippen MR) is 76.9 cm³/mol. The van der Waals surface area contributed by atoms with E-state index >= 15 is 0 Å². The largest absolute Gasteiger partial charge is 0.398 e. The molecule has 0 atom stereocenters. The molecule has 1 aliphatic rings. The number of nitrogens with two attached hydrogens (primary N) is 1. The van der Waals surface area contributed by atoms with Gasteiger partial charge in [0.1, 0.15) is 0 Å². The van der Waals surface area contributed by atoms with Gasteiger partial charge in [0, 0.05) is 22.7 Å². The highest BCUT2D eigenvalue weighted by molar-refractivity contribution is 9.10. The van der Waals surface area contributed by atoms with E-state index in [1.54, 1.807) is 0 Å². The lowest BCUT2D eigenvalue weighted by Gasteiger charge is -2.22. The zero-order chi connectivity index (χ0) is 12.3. The summed E-state index contributed by atoms with van der Waals surface area (Å²) in [6, 6.07) is 7.03. The highest BCUT2D eigenvalue weighted by Gasteiger charge is 2.28. The lowest BCUT2D eigenvalue weighted by molar-refractivity contribution is 0.251. The molecule has 0 aliphatic heterocycles. The van der Waals surface area contributed by atoms with Crippen LogP contribution in [0.3, 0.4) is 0 Å². The van der Waals surface area contributed by atoms with Gasteiger partial charge in [-0.1, -0.05) is 35.3 Å². The average Bonchev–Trinajstić information content (AvgIpc) is 3.11. The Bertz CT molecular complexity index is 374. The normalized spacial score (nSPS) is 15.5. The zero-order valence-electron chi connectivity index (χ0n) is 10.5. The molecule has 0 saturated heterocycles. The number of benzene rings is 1. The van der Waals surface area contributed by atoms with Crippen LogP contribution < -0.4 is 5.73 Å². The van der Waals surface area contributed by atoms with Crippen LogP contribution in [0.1, 0.15) is 38.2 Å². The molecule has 3 heteroatoms. The predicted octanol–water partition coefficient (Wildman–Crippen LogP) is 3.80. The van der Waals surface area contributed by atoms with Gasteiger partial charge in [0.15, 0.2) is 0 Å². The van der Waals surface area contributed by atoms with Gasteiger partial charge in [-0.25, -0.2) is 0 Å². The summed E-state index contributed by atoms with van der Waals surface area (Å²) in [6.07, 6.45) is 5.27. The van der Waals surface area contributed by atoms with Crippen molar-refractivity contribution in [2.45, 2.75) is 45.2 Å². The quantitative estimate of drug-likeness (QED) is 0.809. The third-order valence-corrected chi connectivity index (χ3v) is 3.84. The summed E-state index contributed by atoms with van der Waals surface area (Å²) in [5.74, 6) is 0. The Hall–Kier alpha value is -0.540. The summed E-state index contributed by atoms with van der Waals surface area (Å²) in [5.41, 5.74) is 8.23. The van der Waals surface area contributed by atoms with E-state index in [4.69, 9.17) is 5.73 Å². The molecule has 0 spiro atoms. The van der Waals surface area contributed by atoms with Crippen molar-refractivity contribution in [2.75, 3.05) is 12.3 Å². The average molecular weight is 297 g/mol. The summed E-state index contributed by atoms with van der Waals surface area (Å²) in [7, 11) is 0. The minimum Gasteiger partial charge on any atom is -0.398 e. The van der Waals surface area contributed by atoms with Gasteiger partial charge < -0.3 is 5.73 Å². The number of hydrogen-bond donors (Lipinski definition) is 1. The Kier molecular flexibility index (Phi) is 4.46. The Morgan fingerprint density at radius 1 is 1.41 bits per heavy atom. The van der Waals surface area contributed by atoms with Crippen molar-refractivity contribution in [3.05, 3.63) is 28.2 Å². The number of nitrogens with zero attached hydrogens (tertiary/aromatic N) is 1. The van der Waals surface area contributed by atoms with Crippen molar-refractivity contribution in [1.82, 2.24) is 4.90 Å². The second-order valence-corrected chi connectivity index (χ2v) is 5.81. The molecule has 1 aromatic carbocycles. The van der Waals surface area contributed by atoms with Gasteiger partial charge in [-0.15, -0.1) is 0 Å². The van der Waals surface area contributed by atoms with Crippen molar-refractivity contribution < 1.29 is 0 Å². The van der Waals surface area contributed by atoms with E-state index in [9.17, 15) is 0 Å². The maximum Gasteiger partial charge on any atom is 0.0371 e. The van der Waals surface area contributed by atoms with Gasteiger partial charge in [-0.3, -0.25) is 4.90 Å². The maximum atomic E-state index is 6.06. The summed E-state index contributed by atoms with van der Waals surface area (Å²) < 4.78 is 1.06. The van der Waals surface area contributed by atoms with E-state index < -0.39 is 0 Å². The second kappa shape index (κ2) is 5.87. The lowest BCUT2D eigenvalue weighted by Crippen LogP contribution is -2.27. The number of hydrogen-bond acceptors (Lipinski definition) is 2. The Balaban J connectivity index is 2.00. The fourth-order valence-electron chi connectivity index (χ4n) is 2.12. The van der Waals surface area contributed by atoms with Gasteiger partial charge in [0.25, 0.3) is 0 Å². The van der Waals surface area contributed by atoms with Gasteiger partial charge in [-0.2, -0.15) is 0 Å². The van der Waals surface area contributed by atoms with Crippen LogP contribution in [0.5, 0.6) is 0 Å². The Morgan fingerprint density at radius 3 is 2.76 bits per heavy atom. The molecule has 1 fully saturated rings. The number of anilines is 1. The van der Waals surface area contributed by atoms with E-state index in [1.165, 1.54) is 37.8 Å². The molecule has 0 amide bonds. The summed E-state index contributed by atoms with van der Waals surface area (Å²) in [4.78, 5) is 2.59. The first kappa shape index (κ1) is 12.9. The minimum atomic E-state index is 0.810. The van der Waals surface area contributed by atoms with E-state index in [2.05, 4.69) is 39.9 Å². The fourth-order valence-corrected chi connectivity index (χ4v) is 2.50. The van der Waals surface area contributed by atoms with E-state index in [0.717, 1.165) is 22.7 Å². The maximum absolute atomic E-state index is 6.06. The summed E-state index contributed by atoms with van der Waals surface area (Å²) >= 11 is 3.45. The van der Waals surface area contributed by atoms with Gasteiger partial charge in [0.05, 0.1) is 0 Å². The first-order valence-electron chi connectivity index (χ1n) is 6.48. The summed E-state index contributed by atoms with van der Waals surface area (Å²) in [6.45, 7) is 4.46. The topological polar surface area (TPSA) is 29.3 Å². The van der Waals surface area contributed by atoms with E-state index in [1.807, 2.05) is 6.07 Å². The fraction of sp³-hybridized carbons (Fsp3) is 0.571. The molecule has 0 unspecified atom stereocenters. The molecule has 0 bridgehead atoms. The SMILES string of the molecule is CCCCN(Cc1ccc(Br)cc1N)C1CC1. The van der Waals surface area contributed by atoms with Crippen LogP contribution in [0.15, 0.2) is 22.7 Å². The first-order chi connectivity index (χ1) is 8.20. The molecule has 0 heterocycles. The third-order valence-electron chi connectivity index (χ3n) is 3.34. The van der Waals surface area contributed by atoms with Crippen LogP contribution in [-0.2, 0) is 6.54 Å². The van der Waals surface area contributed by atoms with Gasteiger partial charge in [0.2, 0.25) is 0 Å². The molecule has 17 heavy (non-hydrogen) atoms. The van der Waals surface area contributed by atoms with Crippen LogP contribution in [0.2, 0.25) is 0 Å². The lowest BCUT2D eigenvalue weighted by atomic mass is 10.1. The van der Waals surface area contributed by atoms with Crippen LogP contribution in [0, 0.1) is 0 Å². The minimum absolute atomic E-state index is 0.810. The van der Waals surface area contributed by atoms with Gasteiger partial charge >= 0.3 is 0 Å². The molecular weight excluding hydrogens is 276 g/mol. The van der Waals surface area contributed by atoms with E-state index in [0.29, 0.717) is 0 Å². The van der Waals surface area contributed by atoms with Crippen LogP contribution in [0.25, 0.3) is 0 Å². The molecule has 1 saturated carbocycles. The highest BCUT2D eigenvalue weighted by atomic mass is 79.9. The van der Waals surface area contributed by atoms with E-state index in [-0.39, 0.29) is 0 Å². The monoisotopic (exact) mass is 296 g/mol. The molecule has 0 radical (unpaired) electrons. The van der Waals surface area contributed by atoms with Crippen molar-refractivity contribution >= 4 is 21.6 Å². The smallest absolute Gasteiger partial charge is 0.0371 e. The van der Waals surface area contributed by atoms with Crippen LogP contribution >= 0.6 is 15.9 Å². The van der Waals surface area contributed by atoms with Crippen molar-refractivity contribution in [1.29, 1.82) is 0 Å². The summed E-state index contributed by atoms with van der Waals surface area (Å²) in [5, 5.41) is 0. The molecule has 2 nitrogen and oxygen atoms in total. The van der Waals surface area contributed by atoms with Crippen LogP contribution in [0.4, 0.5) is 5.69 Å². The van der Waals surface area contributed by atoms with Crippen molar-refractivity contribution in [2.24, 2.45) is 0 Å². The Morgan fingerprint density at radius 2 is 2.18 bits per heavy atom. The number of halogens is 1. The Labute approximate surface area is 112 Å². The number of rotatable bonds is 6. The highest BCUT2D eigenvalue weighted by Crippen LogP contribution is 2.30. The molecule has 1 aromatic rings. The zero-order valence-corrected chi connectivity index (χ0v) is 12.0. The number of nitrogen functional groups attached to an aromatic ring is 1. The molecule has 94 valence electrons. The number of unbranched alkanes of at least 4 members (excludes halogenated alkanes) is 1. The molecule has 2 rings (SSSR count). The van der Waals surface area contributed by atoms with Crippen molar-refractivity contribution in [3.63, 3.8) is 0 Å². The molecule has 1 aliphatic carbocycles. The third kappa shape index (κ3) is 3.71. The molecule has 2 N–H and O–H groups in total. The van der Waals surface area contributed by atoms with Gasteiger partial charge in [-0.05, 0) is 43.5 Å². The molecular formula is C14H21BrN2. The molecule has 0 aromatic heterocycles. The second-order valence-electron chi connectivity index (χ2n) is 4.90.